The lowest BCUT2D eigenvalue weighted by Gasteiger charge is -2.19. The number of aromatic nitrogens is 1. The van der Waals surface area contributed by atoms with E-state index in [0.717, 1.165) is 38.7 Å². The third-order valence-electron chi connectivity index (χ3n) is 10.6. The second-order valence-corrected chi connectivity index (χ2v) is 13.8. The molecule has 1 heterocycles. The number of benzene rings is 8. The van der Waals surface area contributed by atoms with Crippen LogP contribution >= 0.6 is 0 Å². The molecule has 0 amide bonds. The van der Waals surface area contributed by atoms with E-state index in [-0.39, 0.29) is 0 Å². The Morgan fingerprint density at radius 2 is 0.855 bits per heavy atom. The lowest BCUT2D eigenvalue weighted by Crippen LogP contribution is -2.13. The first-order valence-electron chi connectivity index (χ1n) is 18.5. The maximum Gasteiger partial charge on any atom is 0.108 e. The zero-order valence-electron chi connectivity index (χ0n) is 29.9. The summed E-state index contributed by atoms with van der Waals surface area (Å²) in [5, 5.41) is 23.2. The summed E-state index contributed by atoms with van der Waals surface area (Å²) in [6, 6.07) is 57.6. The summed E-state index contributed by atoms with van der Waals surface area (Å²) in [4.78, 5) is 4.43. The monoisotopic (exact) mass is 702 g/mol. The standard InChI is InChI=1S/C51H34N4/c52-46-31-35(50-42-20-8-4-16-38(42)48(33-13-2-1-3-14-33)39-17-5-9-21-43(39)50)26-29-47(46)55-54-37-27-24-34(25-28-37)49-40-18-6-10-22-44(40)51(36-15-12-30-53-32-36)45-23-11-7-19-41(45)49/h1-32,52,54H/b52-46?,55-47-. The highest BCUT2D eigenvalue weighted by Crippen LogP contribution is 2.44. The fourth-order valence-corrected chi connectivity index (χ4v) is 8.24. The van der Waals surface area contributed by atoms with Gasteiger partial charge in [0.2, 0.25) is 0 Å². The van der Waals surface area contributed by atoms with Crippen LogP contribution in [0.25, 0.3) is 82.0 Å². The van der Waals surface area contributed by atoms with Gasteiger partial charge in [-0.1, -0.05) is 152 Å². The number of rotatable bonds is 6. The van der Waals surface area contributed by atoms with Gasteiger partial charge in [0.05, 0.1) is 11.4 Å². The topological polar surface area (TPSA) is 61.1 Å². The quantitative estimate of drug-likeness (QED) is 0.103. The minimum absolute atomic E-state index is 0.355. The van der Waals surface area contributed by atoms with Crippen LogP contribution in [0, 0.1) is 5.41 Å². The summed E-state index contributed by atoms with van der Waals surface area (Å²) in [5.41, 5.74) is 14.2. The largest absolute Gasteiger partial charge is 0.299 e. The molecular weight excluding hydrogens is 669 g/mol. The molecule has 1 aromatic heterocycles. The van der Waals surface area contributed by atoms with Crippen molar-refractivity contribution in [3.63, 3.8) is 0 Å². The predicted molar refractivity (Wildman–Crippen MR) is 233 cm³/mol. The van der Waals surface area contributed by atoms with Gasteiger partial charge in [-0.25, -0.2) is 0 Å². The number of nitrogens with one attached hydrogen (secondary N) is 2. The van der Waals surface area contributed by atoms with Gasteiger partial charge >= 0.3 is 0 Å². The predicted octanol–water partition coefficient (Wildman–Crippen LogP) is 13.1. The number of hydrogen-bond acceptors (Lipinski definition) is 4. The molecule has 0 radical (unpaired) electrons. The van der Waals surface area contributed by atoms with Crippen molar-refractivity contribution in [2.24, 2.45) is 5.10 Å². The van der Waals surface area contributed by atoms with Gasteiger partial charge in [0.15, 0.2) is 0 Å². The zero-order valence-corrected chi connectivity index (χ0v) is 29.9. The molecule has 0 aliphatic heterocycles. The lowest BCUT2D eigenvalue weighted by atomic mass is 9.84. The Kier molecular flexibility index (Phi) is 7.93. The second kappa shape index (κ2) is 13.5. The number of pyridine rings is 1. The van der Waals surface area contributed by atoms with Gasteiger partial charge in [0, 0.05) is 18.0 Å². The van der Waals surface area contributed by atoms with Crippen LogP contribution in [0.3, 0.4) is 0 Å². The van der Waals surface area contributed by atoms with E-state index in [1.54, 1.807) is 0 Å². The molecular formula is C51H34N4. The molecule has 10 rings (SSSR count). The number of nitrogens with zero attached hydrogens (tertiary/aromatic N) is 2. The molecule has 55 heavy (non-hydrogen) atoms. The molecule has 0 saturated heterocycles. The van der Waals surface area contributed by atoms with E-state index in [1.807, 2.05) is 30.6 Å². The van der Waals surface area contributed by atoms with Crippen molar-refractivity contribution in [2.75, 3.05) is 5.43 Å². The van der Waals surface area contributed by atoms with Crippen LogP contribution in [0.1, 0.15) is 5.56 Å². The summed E-state index contributed by atoms with van der Waals surface area (Å²) in [7, 11) is 0. The van der Waals surface area contributed by atoms with Crippen LogP contribution in [0.5, 0.6) is 0 Å². The smallest absolute Gasteiger partial charge is 0.108 e. The molecule has 0 spiro atoms. The van der Waals surface area contributed by atoms with Gasteiger partial charge in [-0.2, -0.15) is 5.10 Å². The first kappa shape index (κ1) is 32.2. The first-order valence-corrected chi connectivity index (χ1v) is 18.5. The first-order chi connectivity index (χ1) is 27.2. The lowest BCUT2D eigenvalue weighted by molar-refractivity contribution is 1.33. The average Bonchev–Trinajstić information content (AvgIpc) is 3.25. The third-order valence-corrected chi connectivity index (χ3v) is 10.6. The molecule has 0 unspecified atom stereocenters. The molecule has 0 saturated carbocycles. The Balaban J connectivity index is 0.978. The van der Waals surface area contributed by atoms with Gasteiger partial charge in [0.25, 0.3) is 0 Å². The molecule has 2 N–H and O–H groups in total. The molecule has 258 valence electrons. The number of anilines is 1. The summed E-state index contributed by atoms with van der Waals surface area (Å²) in [5.74, 6) is 0. The zero-order chi connectivity index (χ0) is 36.7. The number of fused-ring (bicyclic) bond motifs is 4. The van der Waals surface area contributed by atoms with Crippen molar-refractivity contribution in [1.82, 2.24) is 4.98 Å². The molecule has 9 aromatic rings. The highest BCUT2D eigenvalue weighted by molar-refractivity contribution is 6.52. The summed E-state index contributed by atoms with van der Waals surface area (Å²) < 4.78 is 0. The molecule has 0 atom stereocenters. The van der Waals surface area contributed by atoms with Gasteiger partial charge < -0.3 is 0 Å². The number of hydrazone groups is 1. The van der Waals surface area contributed by atoms with E-state index in [2.05, 4.69) is 174 Å². The maximum absolute atomic E-state index is 9.06. The third kappa shape index (κ3) is 5.60. The highest BCUT2D eigenvalue weighted by Gasteiger charge is 2.20. The van der Waals surface area contributed by atoms with Crippen molar-refractivity contribution < 1.29 is 0 Å². The van der Waals surface area contributed by atoms with Gasteiger partial charge in [-0.15, -0.1) is 0 Å². The van der Waals surface area contributed by atoms with Crippen LogP contribution in [-0.4, -0.2) is 16.4 Å². The average molecular weight is 703 g/mol. The molecule has 1 aliphatic rings. The van der Waals surface area contributed by atoms with Crippen molar-refractivity contribution in [2.45, 2.75) is 0 Å². The molecule has 1 aliphatic carbocycles. The summed E-state index contributed by atoms with van der Waals surface area (Å²) in [6.45, 7) is 0. The normalized spacial score (nSPS) is 13.6. The minimum Gasteiger partial charge on any atom is -0.299 e. The van der Waals surface area contributed by atoms with Crippen LogP contribution in [0.4, 0.5) is 5.69 Å². The van der Waals surface area contributed by atoms with E-state index in [1.165, 1.54) is 54.6 Å². The van der Waals surface area contributed by atoms with E-state index in [9.17, 15) is 0 Å². The van der Waals surface area contributed by atoms with Crippen molar-refractivity contribution in [1.29, 1.82) is 5.41 Å². The van der Waals surface area contributed by atoms with E-state index >= 15 is 0 Å². The van der Waals surface area contributed by atoms with E-state index in [0.29, 0.717) is 11.4 Å². The Bertz CT molecular complexity index is 2930. The Labute approximate surface area is 319 Å². The molecule has 0 fully saturated rings. The molecule has 4 nitrogen and oxygen atoms in total. The molecule has 4 heteroatoms. The Hall–Kier alpha value is -7.43. The second-order valence-electron chi connectivity index (χ2n) is 13.8. The van der Waals surface area contributed by atoms with Gasteiger partial charge in [-0.3, -0.25) is 15.8 Å². The van der Waals surface area contributed by atoms with Crippen LogP contribution < -0.4 is 5.43 Å². The van der Waals surface area contributed by atoms with Crippen molar-refractivity contribution in [3.05, 3.63) is 200 Å². The summed E-state index contributed by atoms with van der Waals surface area (Å²) in [6.07, 6.45) is 9.73. The van der Waals surface area contributed by atoms with Crippen molar-refractivity contribution >= 4 is 65.8 Å². The van der Waals surface area contributed by atoms with Crippen molar-refractivity contribution in [3.8, 4) is 33.4 Å². The van der Waals surface area contributed by atoms with Gasteiger partial charge in [-0.05, 0) is 112 Å². The maximum atomic E-state index is 9.06. The van der Waals surface area contributed by atoms with E-state index in [4.69, 9.17) is 10.5 Å². The van der Waals surface area contributed by atoms with E-state index < -0.39 is 0 Å². The fraction of sp³-hybridized carbons (Fsp3) is 0. The minimum atomic E-state index is 0.355. The van der Waals surface area contributed by atoms with Crippen LogP contribution in [0.15, 0.2) is 200 Å². The van der Waals surface area contributed by atoms with Crippen LogP contribution in [0.2, 0.25) is 0 Å². The fourth-order valence-electron chi connectivity index (χ4n) is 8.24. The number of allylic oxidation sites excluding steroid dienone is 4. The Morgan fingerprint density at radius 3 is 1.33 bits per heavy atom. The molecule has 0 bridgehead atoms. The highest BCUT2D eigenvalue weighted by atomic mass is 15.3. The summed E-state index contributed by atoms with van der Waals surface area (Å²) >= 11 is 0. The Morgan fingerprint density at radius 1 is 0.418 bits per heavy atom. The SMILES string of the molecule is N=C1C=C(c2c3ccccc3c(-c3ccccc3)c3ccccc23)C=C/C1=N/Nc1ccc(-c2c3ccccc3c(-c3cccnc3)c3ccccc23)cc1. The van der Waals surface area contributed by atoms with Gasteiger partial charge in [0.1, 0.15) is 5.71 Å². The molecule has 8 aromatic carbocycles. The van der Waals surface area contributed by atoms with Crippen LogP contribution in [-0.2, 0) is 0 Å². The number of hydrogen-bond donors (Lipinski definition) is 2.